The van der Waals surface area contributed by atoms with Crippen molar-refractivity contribution in [2.24, 2.45) is 58.7 Å². The van der Waals surface area contributed by atoms with Crippen LogP contribution in [0.15, 0.2) is 36.5 Å². The van der Waals surface area contributed by atoms with Crippen molar-refractivity contribution < 1.29 is 14.2 Å². The standard InChI is InChI=1S/C28H38O3/c1-27(15-29-14-24-11-18-2-5-21(24)8-18)16-30-28(31-17-27,25-12-19-3-6-22(25)9-19)26-13-20-4-7-23(26)10-20/h2-7,18-26H,8-17H2,1H3. The quantitative estimate of drug-likeness (QED) is 0.537. The van der Waals surface area contributed by atoms with E-state index in [1.54, 1.807) is 0 Å². The lowest BCUT2D eigenvalue weighted by Crippen LogP contribution is -2.59. The van der Waals surface area contributed by atoms with Gasteiger partial charge in [-0.25, -0.2) is 0 Å². The summed E-state index contributed by atoms with van der Waals surface area (Å²) >= 11 is 0. The summed E-state index contributed by atoms with van der Waals surface area (Å²) in [6.07, 6.45) is 22.5. The molecule has 7 rings (SSSR count). The molecule has 0 aromatic heterocycles. The SMILES string of the molecule is CC1(COCC2CC3C=CC2C3)COC(C2CC3C=CC2C3)(C2CC3C=CC2C3)OC1. The second kappa shape index (κ2) is 7.05. The van der Waals surface area contributed by atoms with Gasteiger partial charge in [0.25, 0.3) is 0 Å². The molecule has 1 aliphatic heterocycles. The normalized spacial score (nSPS) is 55.8. The molecule has 3 heteroatoms. The number of allylic oxidation sites excluding steroid dienone is 6. The van der Waals surface area contributed by atoms with Crippen LogP contribution in [-0.4, -0.2) is 32.2 Å². The summed E-state index contributed by atoms with van der Waals surface area (Å²) in [5.74, 6) is 5.82. The van der Waals surface area contributed by atoms with Crippen molar-refractivity contribution in [1.29, 1.82) is 0 Å². The first kappa shape index (κ1) is 19.6. The lowest BCUT2D eigenvalue weighted by molar-refractivity contribution is -0.357. The van der Waals surface area contributed by atoms with E-state index in [4.69, 9.17) is 14.2 Å². The van der Waals surface area contributed by atoms with E-state index < -0.39 is 0 Å². The first-order valence-corrected chi connectivity index (χ1v) is 13.0. The Morgan fingerprint density at radius 1 is 0.710 bits per heavy atom. The van der Waals surface area contributed by atoms with Gasteiger partial charge in [-0.1, -0.05) is 43.4 Å². The van der Waals surface area contributed by atoms with Crippen LogP contribution < -0.4 is 0 Å². The average Bonchev–Trinajstić information content (AvgIpc) is 3.62. The minimum atomic E-state index is -0.372. The Bertz CT molecular complexity index is 767. The van der Waals surface area contributed by atoms with Crippen molar-refractivity contribution in [1.82, 2.24) is 0 Å². The topological polar surface area (TPSA) is 27.7 Å². The third-order valence-corrected chi connectivity index (χ3v) is 10.1. The van der Waals surface area contributed by atoms with E-state index in [9.17, 15) is 0 Å². The Balaban J connectivity index is 1.04. The van der Waals surface area contributed by atoms with Gasteiger partial charge in [0.05, 0.1) is 19.8 Å². The van der Waals surface area contributed by atoms with Gasteiger partial charge in [-0.3, -0.25) is 0 Å². The third-order valence-electron chi connectivity index (χ3n) is 10.1. The minimum Gasteiger partial charge on any atom is -0.380 e. The molecule has 9 unspecified atom stereocenters. The van der Waals surface area contributed by atoms with Crippen molar-refractivity contribution in [3.63, 3.8) is 0 Å². The van der Waals surface area contributed by atoms with E-state index in [1.165, 1.54) is 38.5 Å². The molecule has 6 bridgehead atoms. The molecule has 0 spiro atoms. The Morgan fingerprint density at radius 2 is 1.26 bits per heavy atom. The predicted octanol–water partition coefficient (Wildman–Crippen LogP) is 5.39. The number of hydrogen-bond donors (Lipinski definition) is 0. The zero-order valence-electron chi connectivity index (χ0n) is 19.0. The monoisotopic (exact) mass is 422 g/mol. The highest BCUT2D eigenvalue weighted by Crippen LogP contribution is 2.59. The van der Waals surface area contributed by atoms with Crippen LogP contribution in [0.2, 0.25) is 0 Å². The van der Waals surface area contributed by atoms with Gasteiger partial charge in [0, 0.05) is 23.9 Å². The first-order chi connectivity index (χ1) is 15.1. The maximum atomic E-state index is 6.95. The zero-order chi connectivity index (χ0) is 20.6. The number of fused-ring (bicyclic) bond motifs is 6. The molecule has 3 saturated carbocycles. The highest BCUT2D eigenvalue weighted by Gasteiger charge is 2.61. The summed E-state index contributed by atoms with van der Waals surface area (Å²) in [5.41, 5.74) is -0.0299. The van der Waals surface area contributed by atoms with E-state index >= 15 is 0 Å². The van der Waals surface area contributed by atoms with Crippen LogP contribution in [0.25, 0.3) is 0 Å². The second-order valence-corrected chi connectivity index (χ2v) is 12.4. The highest BCUT2D eigenvalue weighted by molar-refractivity contribution is 5.19. The van der Waals surface area contributed by atoms with Crippen LogP contribution in [0.3, 0.4) is 0 Å². The molecular formula is C28H38O3. The number of ether oxygens (including phenoxy) is 3. The largest absolute Gasteiger partial charge is 0.380 e. The summed E-state index contributed by atoms with van der Waals surface area (Å²) < 4.78 is 20.2. The van der Waals surface area contributed by atoms with Crippen LogP contribution in [0, 0.1) is 58.7 Å². The van der Waals surface area contributed by atoms with Crippen molar-refractivity contribution in [2.45, 2.75) is 51.2 Å². The van der Waals surface area contributed by atoms with Crippen LogP contribution in [0.5, 0.6) is 0 Å². The molecule has 4 fully saturated rings. The molecule has 1 heterocycles. The molecule has 3 nitrogen and oxygen atoms in total. The van der Waals surface area contributed by atoms with Gasteiger partial charge in [0.15, 0.2) is 5.79 Å². The minimum absolute atomic E-state index is 0.0299. The van der Waals surface area contributed by atoms with E-state index in [2.05, 4.69) is 43.4 Å². The van der Waals surface area contributed by atoms with Gasteiger partial charge in [-0.15, -0.1) is 0 Å². The van der Waals surface area contributed by atoms with Crippen molar-refractivity contribution in [3.05, 3.63) is 36.5 Å². The van der Waals surface area contributed by atoms with Gasteiger partial charge >= 0.3 is 0 Å². The van der Waals surface area contributed by atoms with E-state index in [-0.39, 0.29) is 11.2 Å². The van der Waals surface area contributed by atoms with Gasteiger partial charge in [-0.05, 0) is 80.0 Å². The molecule has 31 heavy (non-hydrogen) atoms. The molecule has 7 aliphatic rings. The van der Waals surface area contributed by atoms with Crippen molar-refractivity contribution in [2.75, 3.05) is 26.4 Å². The first-order valence-electron chi connectivity index (χ1n) is 13.0. The number of hydrogen-bond acceptors (Lipinski definition) is 3. The lowest BCUT2D eigenvalue weighted by atomic mass is 9.73. The summed E-state index contributed by atoms with van der Waals surface area (Å²) in [5, 5.41) is 0. The van der Waals surface area contributed by atoms with E-state index in [0.717, 1.165) is 56.0 Å². The molecule has 9 atom stereocenters. The maximum Gasteiger partial charge on any atom is 0.175 e. The van der Waals surface area contributed by atoms with Gasteiger partial charge in [-0.2, -0.15) is 0 Å². The molecular weight excluding hydrogens is 384 g/mol. The van der Waals surface area contributed by atoms with Crippen molar-refractivity contribution in [3.8, 4) is 0 Å². The molecule has 0 aromatic carbocycles. The Hall–Kier alpha value is -0.900. The van der Waals surface area contributed by atoms with Crippen molar-refractivity contribution >= 4 is 0 Å². The summed E-state index contributed by atoms with van der Waals surface area (Å²) in [4.78, 5) is 0. The van der Waals surface area contributed by atoms with Crippen LogP contribution in [0.4, 0.5) is 0 Å². The Morgan fingerprint density at radius 3 is 1.71 bits per heavy atom. The molecule has 1 saturated heterocycles. The Labute approximate surface area is 187 Å². The third kappa shape index (κ3) is 3.09. The predicted molar refractivity (Wildman–Crippen MR) is 120 cm³/mol. The summed E-state index contributed by atoms with van der Waals surface area (Å²) in [7, 11) is 0. The average molecular weight is 423 g/mol. The fourth-order valence-corrected chi connectivity index (χ4v) is 8.47. The van der Waals surface area contributed by atoms with Gasteiger partial charge in [0.2, 0.25) is 0 Å². The molecule has 0 aromatic rings. The maximum absolute atomic E-state index is 6.95. The lowest BCUT2D eigenvalue weighted by Gasteiger charge is -2.53. The fourth-order valence-electron chi connectivity index (χ4n) is 8.47. The van der Waals surface area contributed by atoms with E-state index in [0.29, 0.717) is 23.7 Å². The van der Waals surface area contributed by atoms with Crippen LogP contribution in [0.1, 0.15) is 45.4 Å². The summed E-state index contributed by atoms with van der Waals surface area (Å²) in [6.45, 7) is 5.52. The summed E-state index contributed by atoms with van der Waals surface area (Å²) in [6, 6.07) is 0. The molecule has 0 radical (unpaired) electrons. The van der Waals surface area contributed by atoms with Gasteiger partial charge < -0.3 is 14.2 Å². The molecule has 0 amide bonds. The number of rotatable bonds is 6. The highest BCUT2D eigenvalue weighted by atomic mass is 16.7. The Kier molecular flexibility index (Phi) is 4.45. The zero-order valence-corrected chi connectivity index (χ0v) is 19.0. The van der Waals surface area contributed by atoms with E-state index in [1.807, 2.05) is 0 Å². The molecule has 0 N–H and O–H groups in total. The van der Waals surface area contributed by atoms with Gasteiger partial charge in [0.1, 0.15) is 0 Å². The van der Waals surface area contributed by atoms with Crippen LogP contribution in [-0.2, 0) is 14.2 Å². The molecule has 6 aliphatic carbocycles. The van der Waals surface area contributed by atoms with Crippen LogP contribution >= 0.6 is 0 Å². The fraction of sp³-hybridized carbons (Fsp3) is 0.786. The molecule has 168 valence electrons. The second-order valence-electron chi connectivity index (χ2n) is 12.4. The smallest absolute Gasteiger partial charge is 0.175 e.